The number of carbonyl (C=O) groups is 1. The van der Waals surface area contributed by atoms with Crippen LogP contribution in [-0.2, 0) is 11.3 Å². The third-order valence-electron chi connectivity index (χ3n) is 6.52. The van der Waals surface area contributed by atoms with E-state index in [0.717, 1.165) is 22.4 Å². The average Bonchev–Trinajstić information content (AvgIpc) is 2.90. The molecule has 2 heterocycles. The SMILES string of the molecule is Cc1ccc(-n2c(N3CCOCC3)nc3cc(C(=O)NCc4ccc(F)cc4)ccc3c2=O)cc1C. The molecule has 3 aromatic carbocycles. The fraction of sp³-hybridized carbons (Fsp3) is 0.250. The Hall–Kier alpha value is -4.04. The average molecular weight is 487 g/mol. The first-order valence-electron chi connectivity index (χ1n) is 11.9. The number of hydrogen-bond acceptors (Lipinski definition) is 5. The van der Waals surface area contributed by atoms with Crippen molar-refractivity contribution < 1.29 is 13.9 Å². The van der Waals surface area contributed by atoms with Crippen LogP contribution in [0.2, 0.25) is 0 Å². The second kappa shape index (κ2) is 9.91. The van der Waals surface area contributed by atoms with E-state index < -0.39 is 0 Å². The molecule has 1 aromatic heterocycles. The second-order valence-corrected chi connectivity index (χ2v) is 8.96. The topological polar surface area (TPSA) is 76.5 Å². The van der Waals surface area contributed by atoms with Crippen molar-refractivity contribution >= 4 is 22.8 Å². The summed E-state index contributed by atoms with van der Waals surface area (Å²) in [5.41, 5.74) is 4.42. The monoisotopic (exact) mass is 486 g/mol. The number of amides is 1. The zero-order chi connectivity index (χ0) is 25.2. The smallest absolute Gasteiger partial charge is 0.267 e. The summed E-state index contributed by atoms with van der Waals surface area (Å²) >= 11 is 0. The first-order valence-corrected chi connectivity index (χ1v) is 11.9. The molecule has 0 unspecified atom stereocenters. The number of rotatable bonds is 5. The normalized spacial score (nSPS) is 13.7. The molecular formula is C28H27FN4O3. The fourth-order valence-electron chi connectivity index (χ4n) is 4.27. The van der Waals surface area contributed by atoms with Crippen LogP contribution >= 0.6 is 0 Å². The molecule has 184 valence electrons. The number of aromatic nitrogens is 2. The van der Waals surface area contributed by atoms with Gasteiger partial charge in [-0.25, -0.2) is 13.9 Å². The van der Waals surface area contributed by atoms with Gasteiger partial charge < -0.3 is 15.0 Å². The van der Waals surface area contributed by atoms with E-state index in [1.165, 1.54) is 12.1 Å². The lowest BCUT2D eigenvalue weighted by atomic mass is 10.1. The number of nitrogens with one attached hydrogen (secondary N) is 1. The molecule has 8 heteroatoms. The molecule has 36 heavy (non-hydrogen) atoms. The molecule has 1 fully saturated rings. The van der Waals surface area contributed by atoms with Gasteiger partial charge in [0.2, 0.25) is 5.95 Å². The van der Waals surface area contributed by atoms with Crippen LogP contribution in [0.25, 0.3) is 16.6 Å². The molecule has 1 aliphatic heterocycles. The summed E-state index contributed by atoms with van der Waals surface area (Å²) in [5, 5.41) is 3.27. The molecule has 4 aromatic rings. The van der Waals surface area contributed by atoms with E-state index in [0.29, 0.717) is 48.7 Å². The summed E-state index contributed by atoms with van der Waals surface area (Å²) in [6.07, 6.45) is 0. The number of hydrogen-bond donors (Lipinski definition) is 1. The van der Waals surface area contributed by atoms with Gasteiger partial charge in [-0.3, -0.25) is 9.59 Å². The minimum atomic E-state index is -0.326. The van der Waals surface area contributed by atoms with E-state index in [9.17, 15) is 14.0 Å². The summed E-state index contributed by atoms with van der Waals surface area (Å²) in [6.45, 7) is 6.63. The maximum absolute atomic E-state index is 13.7. The number of carbonyl (C=O) groups excluding carboxylic acids is 1. The van der Waals surface area contributed by atoms with Crippen molar-refractivity contribution in [2.24, 2.45) is 0 Å². The zero-order valence-electron chi connectivity index (χ0n) is 20.3. The van der Waals surface area contributed by atoms with Crippen molar-refractivity contribution in [2.75, 3.05) is 31.2 Å². The van der Waals surface area contributed by atoms with Crippen LogP contribution in [0.3, 0.4) is 0 Å². The molecule has 1 aliphatic rings. The van der Waals surface area contributed by atoms with Gasteiger partial charge >= 0.3 is 0 Å². The predicted molar refractivity (Wildman–Crippen MR) is 137 cm³/mol. The lowest BCUT2D eigenvalue weighted by Crippen LogP contribution is -2.40. The van der Waals surface area contributed by atoms with E-state index in [1.54, 1.807) is 34.9 Å². The van der Waals surface area contributed by atoms with E-state index in [2.05, 4.69) is 5.32 Å². The van der Waals surface area contributed by atoms with Gasteiger partial charge in [-0.1, -0.05) is 18.2 Å². The van der Waals surface area contributed by atoms with Gasteiger partial charge in [0.25, 0.3) is 11.5 Å². The fourth-order valence-corrected chi connectivity index (χ4v) is 4.27. The Labute approximate surface area is 208 Å². The largest absolute Gasteiger partial charge is 0.378 e. The number of nitrogens with zero attached hydrogens (tertiary/aromatic N) is 3. The van der Waals surface area contributed by atoms with Crippen molar-refractivity contribution in [1.82, 2.24) is 14.9 Å². The van der Waals surface area contributed by atoms with Crippen molar-refractivity contribution in [3.8, 4) is 5.69 Å². The summed E-state index contributed by atoms with van der Waals surface area (Å²) in [5.74, 6) is -0.0922. The molecule has 0 saturated carbocycles. The van der Waals surface area contributed by atoms with Gasteiger partial charge in [-0.2, -0.15) is 0 Å². The summed E-state index contributed by atoms with van der Waals surface area (Å²) < 4.78 is 20.3. The van der Waals surface area contributed by atoms with Crippen molar-refractivity contribution in [1.29, 1.82) is 0 Å². The van der Waals surface area contributed by atoms with E-state index in [4.69, 9.17) is 9.72 Å². The Morgan fingerprint density at radius 2 is 1.75 bits per heavy atom. The van der Waals surface area contributed by atoms with E-state index in [1.807, 2.05) is 36.9 Å². The number of benzene rings is 3. The van der Waals surface area contributed by atoms with Gasteiger partial charge in [0.1, 0.15) is 5.82 Å². The summed E-state index contributed by atoms with van der Waals surface area (Å²) in [6, 6.07) is 16.8. The van der Waals surface area contributed by atoms with Gasteiger partial charge in [-0.05, 0) is 73.0 Å². The Balaban J connectivity index is 1.54. The van der Waals surface area contributed by atoms with Gasteiger partial charge in [-0.15, -0.1) is 0 Å². The molecule has 5 rings (SSSR count). The molecule has 0 aliphatic carbocycles. The molecule has 0 spiro atoms. The summed E-state index contributed by atoms with van der Waals surface area (Å²) in [4.78, 5) is 33.5. The third-order valence-corrected chi connectivity index (χ3v) is 6.52. The molecule has 1 amide bonds. The number of anilines is 1. The van der Waals surface area contributed by atoms with Crippen molar-refractivity contribution in [2.45, 2.75) is 20.4 Å². The highest BCUT2D eigenvalue weighted by molar-refractivity contribution is 5.97. The van der Waals surface area contributed by atoms with Crippen LogP contribution in [-0.4, -0.2) is 41.8 Å². The van der Waals surface area contributed by atoms with Crippen LogP contribution in [0, 0.1) is 19.7 Å². The van der Waals surface area contributed by atoms with Crippen molar-refractivity contribution in [3.05, 3.63) is 99.1 Å². The molecule has 0 atom stereocenters. The van der Waals surface area contributed by atoms with Crippen LogP contribution < -0.4 is 15.8 Å². The highest BCUT2D eigenvalue weighted by Crippen LogP contribution is 2.23. The Bertz CT molecular complexity index is 1490. The first-order chi connectivity index (χ1) is 17.4. The maximum atomic E-state index is 13.7. The Morgan fingerprint density at radius 1 is 1.00 bits per heavy atom. The molecular weight excluding hydrogens is 459 g/mol. The van der Waals surface area contributed by atoms with Crippen molar-refractivity contribution in [3.63, 3.8) is 0 Å². The summed E-state index contributed by atoms with van der Waals surface area (Å²) in [7, 11) is 0. The Kier molecular flexibility index (Phi) is 6.52. The number of ether oxygens (including phenoxy) is 1. The second-order valence-electron chi connectivity index (χ2n) is 8.96. The zero-order valence-corrected chi connectivity index (χ0v) is 20.3. The van der Waals surface area contributed by atoms with Gasteiger partial charge in [0.15, 0.2) is 0 Å². The van der Waals surface area contributed by atoms with Gasteiger partial charge in [0, 0.05) is 25.2 Å². The number of halogens is 1. The first kappa shape index (κ1) is 23.7. The molecule has 0 radical (unpaired) electrons. The molecule has 7 nitrogen and oxygen atoms in total. The number of morpholine rings is 1. The number of aryl methyl sites for hydroxylation is 2. The van der Waals surface area contributed by atoms with Crippen LogP contribution in [0.15, 0.2) is 65.5 Å². The van der Waals surface area contributed by atoms with Crippen LogP contribution in [0.1, 0.15) is 27.0 Å². The minimum Gasteiger partial charge on any atom is -0.378 e. The minimum absolute atomic E-state index is 0.192. The predicted octanol–water partition coefficient (Wildman–Crippen LogP) is 3.91. The van der Waals surface area contributed by atoms with Crippen LogP contribution in [0.4, 0.5) is 10.3 Å². The highest BCUT2D eigenvalue weighted by Gasteiger charge is 2.21. The standard InChI is InChI=1S/C28H27FN4O3/c1-18-3-9-23(15-19(18)2)33-27(35)24-10-6-21(26(34)30-17-20-4-7-22(29)8-5-20)16-25(24)31-28(33)32-11-13-36-14-12-32/h3-10,15-16H,11-14,17H2,1-2H3,(H,30,34). The third kappa shape index (κ3) is 4.72. The van der Waals surface area contributed by atoms with Crippen LogP contribution in [0.5, 0.6) is 0 Å². The Morgan fingerprint density at radius 3 is 2.47 bits per heavy atom. The number of fused-ring (bicyclic) bond motifs is 1. The van der Waals surface area contributed by atoms with E-state index in [-0.39, 0.29) is 23.8 Å². The molecule has 1 N–H and O–H groups in total. The lowest BCUT2D eigenvalue weighted by Gasteiger charge is -2.30. The highest BCUT2D eigenvalue weighted by atomic mass is 19.1. The lowest BCUT2D eigenvalue weighted by molar-refractivity contribution is 0.0951. The van der Waals surface area contributed by atoms with E-state index >= 15 is 0 Å². The maximum Gasteiger partial charge on any atom is 0.267 e. The van der Waals surface area contributed by atoms with Gasteiger partial charge in [0.05, 0.1) is 29.8 Å². The molecule has 1 saturated heterocycles. The molecule has 0 bridgehead atoms. The quantitative estimate of drug-likeness (QED) is 0.463.